The van der Waals surface area contributed by atoms with Crippen LogP contribution in [0.1, 0.15) is 18.4 Å². The van der Waals surface area contributed by atoms with Crippen LogP contribution in [-0.4, -0.2) is 49.2 Å². The van der Waals surface area contributed by atoms with E-state index in [-0.39, 0.29) is 12.0 Å². The Morgan fingerprint density at radius 1 is 1.19 bits per heavy atom. The lowest BCUT2D eigenvalue weighted by molar-refractivity contribution is -0.0528. The lowest BCUT2D eigenvalue weighted by atomic mass is 9.82. The van der Waals surface area contributed by atoms with E-state index in [1.807, 2.05) is 18.2 Å². The topological polar surface area (TPSA) is 103 Å². The summed E-state index contributed by atoms with van der Waals surface area (Å²) in [6.07, 6.45) is 5.46. The number of hydrogen-bond acceptors (Lipinski definition) is 7. The Labute approximate surface area is 181 Å². The van der Waals surface area contributed by atoms with Crippen molar-refractivity contribution < 1.29 is 18.3 Å². The van der Waals surface area contributed by atoms with Gasteiger partial charge in [0.2, 0.25) is 5.88 Å². The maximum atomic E-state index is 12.4. The lowest BCUT2D eigenvalue weighted by Gasteiger charge is -2.35. The molecule has 0 aliphatic heterocycles. The molecule has 3 heterocycles. The van der Waals surface area contributed by atoms with E-state index in [2.05, 4.69) is 47.5 Å². The Hall–Kier alpha value is -3.60. The SMILES string of the molecule is FC(F)Oc1cc(-n2ncc3ncc(NCC4CC(OCc5ccccc5)C4)nc32)[nH]n1. The van der Waals surface area contributed by atoms with E-state index in [9.17, 15) is 8.78 Å². The molecule has 1 aromatic carbocycles. The minimum Gasteiger partial charge on any atom is -0.415 e. The monoisotopic (exact) mass is 441 g/mol. The molecule has 0 radical (unpaired) electrons. The minimum absolute atomic E-state index is 0.227. The molecule has 0 bridgehead atoms. The fourth-order valence-electron chi connectivity index (χ4n) is 3.63. The summed E-state index contributed by atoms with van der Waals surface area (Å²) < 4.78 is 36.4. The molecule has 5 rings (SSSR count). The van der Waals surface area contributed by atoms with Gasteiger partial charge in [0.05, 0.1) is 25.1 Å². The number of hydrogen-bond donors (Lipinski definition) is 2. The number of benzene rings is 1. The van der Waals surface area contributed by atoms with Crippen LogP contribution in [0.3, 0.4) is 0 Å². The third-order valence-corrected chi connectivity index (χ3v) is 5.35. The predicted octanol–water partition coefficient (Wildman–Crippen LogP) is 3.55. The molecule has 1 aliphatic carbocycles. The first-order chi connectivity index (χ1) is 15.6. The highest BCUT2D eigenvalue weighted by atomic mass is 19.3. The summed E-state index contributed by atoms with van der Waals surface area (Å²) in [6.45, 7) is -1.56. The van der Waals surface area contributed by atoms with Crippen LogP contribution in [0.4, 0.5) is 14.6 Å². The molecule has 0 saturated heterocycles. The summed E-state index contributed by atoms with van der Waals surface area (Å²) >= 11 is 0. The summed E-state index contributed by atoms with van der Waals surface area (Å²) in [7, 11) is 0. The molecule has 0 atom stereocenters. The Bertz CT molecular complexity index is 1180. The summed E-state index contributed by atoms with van der Waals surface area (Å²) in [5, 5.41) is 13.8. The van der Waals surface area contributed by atoms with Crippen molar-refractivity contribution in [1.82, 2.24) is 29.9 Å². The number of ether oxygens (including phenoxy) is 2. The highest BCUT2D eigenvalue weighted by Crippen LogP contribution is 2.31. The first-order valence-corrected chi connectivity index (χ1v) is 10.2. The number of aromatic amines is 1. The van der Waals surface area contributed by atoms with Crippen molar-refractivity contribution in [3.05, 3.63) is 54.4 Å². The second-order valence-electron chi connectivity index (χ2n) is 7.63. The van der Waals surface area contributed by atoms with Crippen LogP contribution in [0.5, 0.6) is 5.88 Å². The Morgan fingerprint density at radius 2 is 2.03 bits per heavy atom. The molecular weight excluding hydrogens is 420 g/mol. The van der Waals surface area contributed by atoms with Crippen molar-refractivity contribution in [2.75, 3.05) is 11.9 Å². The van der Waals surface area contributed by atoms with E-state index in [0.717, 1.165) is 19.4 Å². The van der Waals surface area contributed by atoms with Crippen molar-refractivity contribution >= 4 is 17.0 Å². The smallest absolute Gasteiger partial charge is 0.388 e. The first kappa shape index (κ1) is 20.3. The quantitative estimate of drug-likeness (QED) is 0.409. The van der Waals surface area contributed by atoms with Gasteiger partial charge in [0.15, 0.2) is 11.5 Å². The van der Waals surface area contributed by atoms with Crippen LogP contribution in [-0.2, 0) is 11.3 Å². The van der Waals surface area contributed by atoms with Gasteiger partial charge in [-0.15, -0.1) is 5.10 Å². The van der Waals surface area contributed by atoms with Gasteiger partial charge in [0.25, 0.3) is 0 Å². The number of nitrogens with zero attached hydrogens (tertiary/aromatic N) is 5. The Balaban J connectivity index is 1.16. The number of aromatic nitrogens is 6. The van der Waals surface area contributed by atoms with Crippen molar-refractivity contribution in [3.63, 3.8) is 0 Å². The molecule has 9 nitrogen and oxygen atoms in total. The Kier molecular flexibility index (Phi) is 5.63. The van der Waals surface area contributed by atoms with Gasteiger partial charge in [-0.25, -0.2) is 9.97 Å². The highest BCUT2D eigenvalue weighted by Gasteiger charge is 2.29. The number of rotatable bonds is 9. The molecule has 4 aromatic rings. The van der Waals surface area contributed by atoms with Crippen LogP contribution in [0.15, 0.2) is 48.8 Å². The molecule has 0 spiro atoms. The third kappa shape index (κ3) is 4.52. The number of nitrogens with one attached hydrogen (secondary N) is 2. The van der Waals surface area contributed by atoms with Crippen LogP contribution < -0.4 is 10.1 Å². The molecule has 2 N–H and O–H groups in total. The number of H-pyrrole nitrogens is 1. The maximum Gasteiger partial charge on any atom is 0.388 e. The molecule has 1 fully saturated rings. The fourth-order valence-corrected chi connectivity index (χ4v) is 3.63. The number of alkyl halides is 2. The van der Waals surface area contributed by atoms with Crippen LogP contribution in [0.25, 0.3) is 17.0 Å². The normalized spacial score (nSPS) is 18.1. The number of anilines is 1. The van der Waals surface area contributed by atoms with E-state index in [1.165, 1.54) is 16.3 Å². The second-order valence-corrected chi connectivity index (χ2v) is 7.63. The highest BCUT2D eigenvalue weighted by molar-refractivity contribution is 5.72. The van der Waals surface area contributed by atoms with Crippen molar-refractivity contribution in [2.45, 2.75) is 32.2 Å². The average molecular weight is 441 g/mol. The van der Waals surface area contributed by atoms with Crippen molar-refractivity contribution in [3.8, 4) is 11.7 Å². The maximum absolute atomic E-state index is 12.4. The van der Waals surface area contributed by atoms with Crippen molar-refractivity contribution in [2.24, 2.45) is 5.92 Å². The first-order valence-electron chi connectivity index (χ1n) is 10.2. The van der Waals surface area contributed by atoms with Crippen LogP contribution >= 0.6 is 0 Å². The number of fused-ring (bicyclic) bond motifs is 1. The average Bonchev–Trinajstić information content (AvgIpc) is 3.39. The fraction of sp³-hybridized carbons (Fsp3) is 0.333. The van der Waals surface area contributed by atoms with Gasteiger partial charge in [-0.05, 0) is 24.3 Å². The van der Waals surface area contributed by atoms with E-state index < -0.39 is 6.61 Å². The third-order valence-electron chi connectivity index (χ3n) is 5.35. The standard InChI is InChI=1S/C21H21F2N7O2/c22-21(23)32-19-8-18(28-29-19)30-20-16(10-26-30)24-11-17(27-20)25-9-14-6-15(7-14)31-12-13-4-2-1-3-5-13/h1-5,8,10-11,14-15,21H,6-7,9,12H2,(H,25,27)(H,28,29). The Morgan fingerprint density at radius 3 is 2.84 bits per heavy atom. The van der Waals surface area contributed by atoms with E-state index in [0.29, 0.717) is 35.3 Å². The summed E-state index contributed by atoms with van der Waals surface area (Å²) in [5.74, 6) is 1.23. The van der Waals surface area contributed by atoms with Gasteiger partial charge < -0.3 is 14.8 Å². The lowest BCUT2D eigenvalue weighted by Crippen LogP contribution is -2.35. The second kappa shape index (κ2) is 8.87. The molecule has 1 saturated carbocycles. The molecule has 0 unspecified atom stereocenters. The van der Waals surface area contributed by atoms with E-state index in [4.69, 9.17) is 4.74 Å². The van der Waals surface area contributed by atoms with Crippen LogP contribution in [0.2, 0.25) is 0 Å². The molecule has 3 aromatic heterocycles. The molecule has 1 aliphatic rings. The van der Waals surface area contributed by atoms with E-state index in [1.54, 1.807) is 12.4 Å². The zero-order chi connectivity index (χ0) is 21.9. The van der Waals surface area contributed by atoms with Gasteiger partial charge in [0, 0.05) is 12.6 Å². The van der Waals surface area contributed by atoms with Gasteiger partial charge in [-0.2, -0.15) is 18.6 Å². The molecule has 0 amide bonds. The number of halogens is 2. The molecule has 11 heteroatoms. The van der Waals surface area contributed by atoms with Crippen molar-refractivity contribution in [1.29, 1.82) is 0 Å². The van der Waals surface area contributed by atoms with Crippen LogP contribution in [0, 0.1) is 5.92 Å². The van der Waals surface area contributed by atoms with Gasteiger partial charge >= 0.3 is 6.61 Å². The zero-order valence-corrected chi connectivity index (χ0v) is 17.0. The molecule has 32 heavy (non-hydrogen) atoms. The molecular formula is C21H21F2N7O2. The van der Waals surface area contributed by atoms with Gasteiger partial charge in [-0.3, -0.25) is 5.10 Å². The predicted molar refractivity (Wildman–Crippen MR) is 112 cm³/mol. The summed E-state index contributed by atoms with van der Waals surface area (Å²) in [6, 6.07) is 11.5. The van der Waals surface area contributed by atoms with E-state index >= 15 is 0 Å². The minimum atomic E-state index is -2.95. The largest absolute Gasteiger partial charge is 0.415 e. The summed E-state index contributed by atoms with van der Waals surface area (Å²) in [5.41, 5.74) is 2.22. The van der Waals surface area contributed by atoms with Gasteiger partial charge in [0.1, 0.15) is 11.3 Å². The summed E-state index contributed by atoms with van der Waals surface area (Å²) in [4.78, 5) is 8.93. The zero-order valence-electron chi connectivity index (χ0n) is 17.0. The van der Waals surface area contributed by atoms with Gasteiger partial charge in [-0.1, -0.05) is 30.3 Å². The molecule has 166 valence electrons.